The van der Waals surface area contributed by atoms with Gasteiger partial charge in [-0.15, -0.1) is 10.2 Å². The summed E-state index contributed by atoms with van der Waals surface area (Å²) in [6.45, 7) is 4.24. The van der Waals surface area contributed by atoms with Crippen molar-refractivity contribution >= 4 is 28.1 Å². The van der Waals surface area contributed by atoms with Crippen molar-refractivity contribution in [3.63, 3.8) is 0 Å². The highest BCUT2D eigenvalue weighted by molar-refractivity contribution is 7.98. The first-order chi connectivity index (χ1) is 10.8. The van der Waals surface area contributed by atoms with E-state index in [-0.39, 0.29) is 6.10 Å². The van der Waals surface area contributed by atoms with E-state index >= 15 is 0 Å². The highest BCUT2D eigenvalue weighted by Gasteiger charge is 2.19. The van der Waals surface area contributed by atoms with E-state index in [0.29, 0.717) is 0 Å². The average molecular weight is 334 g/mol. The van der Waals surface area contributed by atoms with E-state index in [1.54, 1.807) is 11.3 Å². The molecule has 2 heterocycles. The fourth-order valence-electron chi connectivity index (χ4n) is 2.06. The van der Waals surface area contributed by atoms with Crippen LogP contribution in [0.15, 0.2) is 30.3 Å². The van der Waals surface area contributed by atoms with E-state index in [4.69, 9.17) is 4.74 Å². The van der Waals surface area contributed by atoms with Gasteiger partial charge in [-0.1, -0.05) is 43.4 Å². The van der Waals surface area contributed by atoms with E-state index < -0.39 is 0 Å². The van der Waals surface area contributed by atoms with Crippen LogP contribution in [-0.2, 0) is 5.75 Å². The number of para-hydroxylation sites is 1. The predicted molar refractivity (Wildman–Crippen MR) is 90.6 cm³/mol. The van der Waals surface area contributed by atoms with Crippen molar-refractivity contribution in [3.05, 3.63) is 41.2 Å². The second-order valence-corrected chi connectivity index (χ2v) is 6.98. The minimum Gasteiger partial charge on any atom is -0.483 e. The molecule has 0 N–H and O–H groups in total. The molecule has 3 rings (SSSR count). The van der Waals surface area contributed by atoms with E-state index in [1.807, 2.05) is 46.6 Å². The fraction of sp³-hybridized carbons (Fsp3) is 0.400. The smallest absolute Gasteiger partial charge is 0.234 e. The Kier molecular flexibility index (Phi) is 4.94. The number of fused-ring (bicyclic) bond motifs is 1. The van der Waals surface area contributed by atoms with Crippen molar-refractivity contribution in [2.75, 3.05) is 5.75 Å². The summed E-state index contributed by atoms with van der Waals surface area (Å²) >= 11 is 3.36. The van der Waals surface area contributed by atoms with Gasteiger partial charge in [0.2, 0.25) is 4.96 Å². The number of benzene rings is 1. The molecule has 2 aromatic heterocycles. The van der Waals surface area contributed by atoms with Crippen molar-refractivity contribution in [1.82, 2.24) is 19.8 Å². The molecule has 5 nitrogen and oxygen atoms in total. The summed E-state index contributed by atoms with van der Waals surface area (Å²) in [6, 6.07) is 9.86. The number of aromatic nitrogens is 4. The molecular formula is C15H18N4OS2. The number of ether oxygens (including phenoxy) is 1. The lowest BCUT2D eigenvalue weighted by Gasteiger charge is -2.14. The Morgan fingerprint density at radius 1 is 1.23 bits per heavy atom. The van der Waals surface area contributed by atoms with Gasteiger partial charge in [0, 0.05) is 0 Å². The van der Waals surface area contributed by atoms with Gasteiger partial charge in [0.05, 0.1) is 5.75 Å². The van der Waals surface area contributed by atoms with Crippen LogP contribution in [0.3, 0.4) is 0 Å². The van der Waals surface area contributed by atoms with Gasteiger partial charge in [0.25, 0.3) is 0 Å². The fourth-order valence-corrected chi connectivity index (χ4v) is 3.59. The maximum Gasteiger partial charge on any atom is 0.234 e. The molecule has 0 saturated carbocycles. The largest absolute Gasteiger partial charge is 0.483 e. The number of nitrogens with zero attached hydrogens (tertiary/aromatic N) is 4. The first-order valence-electron chi connectivity index (χ1n) is 7.32. The van der Waals surface area contributed by atoms with Crippen LogP contribution >= 0.6 is 23.1 Å². The Hall–Kier alpha value is -1.60. The second-order valence-electron chi connectivity index (χ2n) is 4.72. The van der Waals surface area contributed by atoms with Crippen LogP contribution in [0.2, 0.25) is 0 Å². The topological polar surface area (TPSA) is 52.3 Å². The maximum absolute atomic E-state index is 6.05. The zero-order valence-corrected chi connectivity index (χ0v) is 14.2. The molecule has 0 fully saturated rings. The molecule has 7 heteroatoms. The minimum absolute atomic E-state index is 0.0548. The molecule has 0 aliphatic rings. The second kappa shape index (κ2) is 7.11. The summed E-state index contributed by atoms with van der Waals surface area (Å²) in [5, 5.41) is 14.0. The Morgan fingerprint density at radius 2 is 2.05 bits per heavy atom. The van der Waals surface area contributed by atoms with Crippen molar-refractivity contribution in [2.45, 2.75) is 32.1 Å². The van der Waals surface area contributed by atoms with Crippen LogP contribution in [0.5, 0.6) is 5.75 Å². The highest BCUT2D eigenvalue weighted by Crippen LogP contribution is 2.28. The molecule has 0 aliphatic heterocycles. The third kappa shape index (κ3) is 3.25. The zero-order chi connectivity index (χ0) is 15.4. The summed E-state index contributed by atoms with van der Waals surface area (Å²) < 4.78 is 7.90. The van der Waals surface area contributed by atoms with Crippen LogP contribution in [0, 0.1) is 0 Å². The van der Waals surface area contributed by atoms with Crippen LogP contribution in [0.25, 0.3) is 4.96 Å². The molecule has 0 bridgehead atoms. The van der Waals surface area contributed by atoms with Gasteiger partial charge in [-0.3, -0.25) is 0 Å². The summed E-state index contributed by atoms with van der Waals surface area (Å²) in [5.74, 6) is 3.65. The van der Waals surface area contributed by atoms with Crippen molar-refractivity contribution < 1.29 is 4.74 Å². The summed E-state index contributed by atoms with van der Waals surface area (Å²) in [7, 11) is 0. The molecule has 0 amide bonds. The molecule has 1 atom stereocenters. The van der Waals surface area contributed by atoms with Crippen LogP contribution in [0.4, 0.5) is 0 Å². The zero-order valence-electron chi connectivity index (χ0n) is 12.6. The standard InChI is InChI=1S/C15H18N4OS2/c1-3-12(20-11-8-6-5-7-9-11)14-18-19-13(10-21-4-2)16-17-15(19)22-14/h5-9,12H,3-4,10H2,1-2H3. The van der Waals surface area contributed by atoms with Gasteiger partial charge in [0.1, 0.15) is 5.75 Å². The maximum atomic E-state index is 6.05. The normalized spacial score (nSPS) is 12.6. The van der Waals surface area contributed by atoms with Crippen LogP contribution in [-0.4, -0.2) is 25.6 Å². The van der Waals surface area contributed by atoms with Gasteiger partial charge in [0.15, 0.2) is 16.9 Å². The molecule has 22 heavy (non-hydrogen) atoms. The Balaban J connectivity index is 1.83. The van der Waals surface area contributed by atoms with Crippen molar-refractivity contribution in [1.29, 1.82) is 0 Å². The first kappa shape index (κ1) is 15.3. The quantitative estimate of drug-likeness (QED) is 0.654. The predicted octanol–water partition coefficient (Wildman–Crippen LogP) is 3.97. The average Bonchev–Trinajstić information content (AvgIpc) is 3.12. The summed E-state index contributed by atoms with van der Waals surface area (Å²) in [5.41, 5.74) is 0. The van der Waals surface area contributed by atoms with Crippen molar-refractivity contribution in [2.24, 2.45) is 0 Å². The lowest BCUT2D eigenvalue weighted by Crippen LogP contribution is -2.07. The van der Waals surface area contributed by atoms with E-state index in [0.717, 1.165) is 39.5 Å². The molecule has 3 aromatic rings. The molecule has 0 spiro atoms. The van der Waals surface area contributed by atoms with E-state index in [1.165, 1.54) is 0 Å². The van der Waals surface area contributed by atoms with Crippen LogP contribution in [0.1, 0.15) is 37.2 Å². The first-order valence-corrected chi connectivity index (χ1v) is 9.29. The van der Waals surface area contributed by atoms with Gasteiger partial charge < -0.3 is 4.74 Å². The SMILES string of the molecule is CCSCc1nnc2sc(C(CC)Oc3ccccc3)nn12. The number of hydrogen-bond donors (Lipinski definition) is 0. The summed E-state index contributed by atoms with van der Waals surface area (Å²) in [4.78, 5) is 0.830. The molecule has 0 aliphatic carbocycles. The Labute approximate surface area is 137 Å². The van der Waals surface area contributed by atoms with Gasteiger partial charge in [-0.05, 0) is 24.3 Å². The van der Waals surface area contributed by atoms with Crippen LogP contribution < -0.4 is 4.74 Å². The monoisotopic (exact) mass is 334 g/mol. The molecule has 0 radical (unpaired) electrons. The molecule has 1 unspecified atom stereocenters. The van der Waals surface area contributed by atoms with Gasteiger partial charge >= 0.3 is 0 Å². The third-order valence-corrected chi connectivity index (χ3v) is 5.04. The number of hydrogen-bond acceptors (Lipinski definition) is 6. The summed E-state index contributed by atoms with van der Waals surface area (Å²) in [6.07, 6.45) is 0.804. The van der Waals surface area contributed by atoms with E-state index in [2.05, 4.69) is 29.1 Å². The Bertz CT molecular complexity index is 726. The third-order valence-electron chi connectivity index (χ3n) is 3.17. The van der Waals surface area contributed by atoms with Crippen molar-refractivity contribution in [3.8, 4) is 5.75 Å². The lowest BCUT2D eigenvalue weighted by molar-refractivity contribution is 0.199. The lowest BCUT2D eigenvalue weighted by atomic mass is 10.3. The molecule has 1 aromatic carbocycles. The number of rotatable bonds is 7. The minimum atomic E-state index is -0.0548. The van der Waals surface area contributed by atoms with Gasteiger partial charge in [-0.25, -0.2) is 0 Å². The van der Waals surface area contributed by atoms with Gasteiger partial charge in [-0.2, -0.15) is 21.4 Å². The Morgan fingerprint density at radius 3 is 2.77 bits per heavy atom. The highest BCUT2D eigenvalue weighted by atomic mass is 32.2. The van der Waals surface area contributed by atoms with E-state index in [9.17, 15) is 0 Å². The molecule has 116 valence electrons. The number of thioether (sulfide) groups is 1. The molecule has 0 saturated heterocycles. The molecular weight excluding hydrogens is 316 g/mol.